The Labute approximate surface area is 191 Å². The second-order valence-corrected chi connectivity index (χ2v) is 9.59. The molecule has 3 aliphatic heterocycles. The number of fused-ring (bicyclic) bond motifs is 1. The van der Waals surface area contributed by atoms with Gasteiger partial charge in [-0.15, -0.1) is 0 Å². The number of aromatic nitrogens is 1. The molecule has 0 spiro atoms. The molecule has 5 heteroatoms. The van der Waals surface area contributed by atoms with Crippen molar-refractivity contribution < 1.29 is 9.53 Å². The number of nitrogens with zero attached hydrogens (tertiary/aromatic N) is 3. The van der Waals surface area contributed by atoms with Gasteiger partial charge in [-0.3, -0.25) is 9.69 Å². The molecule has 5 nitrogen and oxygen atoms in total. The van der Waals surface area contributed by atoms with E-state index in [4.69, 9.17) is 4.74 Å². The van der Waals surface area contributed by atoms with Crippen molar-refractivity contribution in [2.75, 3.05) is 37.7 Å². The fraction of sp³-hybridized carbons (Fsp3) is 0.556. The lowest BCUT2D eigenvalue weighted by atomic mass is 9.97. The number of aryl methyl sites for hydroxylation is 1. The molecule has 32 heavy (non-hydrogen) atoms. The van der Waals surface area contributed by atoms with Crippen LogP contribution in [-0.2, 0) is 24.0 Å². The number of anilines is 1. The molecule has 0 radical (unpaired) electrons. The molecule has 2 unspecified atom stereocenters. The van der Waals surface area contributed by atoms with E-state index < -0.39 is 0 Å². The third-order valence-electron chi connectivity index (χ3n) is 7.55. The molecule has 1 aromatic heterocycles. The molecule has 5 rings (SSSR count). The largest absolute Gasteiger partial charge is 0.377 e. The zero-order valence-electron chi connectivity index (χ0n) is 19.3. The summed E-state index contributed by atoms with van der Waals surface area (Å²) in [5.74, 6) is 1.18. The molecule has 2 aromatic rings. The highest BCUT2D eigenvalue weighted by Gasteiger charge is 2.30. The Balaban J connectivity index is 1.17. The number of hydrogen-bond donors (Lipinski definition) is 0. The van der Waals surface area contributed by atoms with Gasteiger partial charge in [-0.2, -0.15) is 0 Å². The highest BCUT2D eigenvalue weighted by molar-refractivity contribution is 5.96. The summed E-state index contributed by atoms with van der Waals surface area (Å²) in [6.45, 7) is 7.46. The Morgan fingerprint density at radius 2 is 1.88 bits per heavy atom. The molecular weight excluding hydrogens is 398 g/mol. The number of Topliss-reactive ketones (excluding diaryl/α,β-unsaturated/α-hetero) is 1. The number of hydrogen-bond acceptors (Lipinski definition) is 5. The van der Waals surface area contributed by atoms with Crippen LogP contribution in [0, 0.1) is 0 Å². The minimum Gasteiger partial charge on any atom is -0.377 e. The molecule has 4 heterocycles. The predicted molar refractivity (Wildman–Crippen MR) is 128 cm³/mol. The summed E-state index contributed by atoms with van der Waals surface area (Å²) in [5.41, 5.74) is 4.92. The monoisotopic (exact) mass is 433 g/mol. The summed E-state index contributed by atoms with van der Waals surface area (Å²) in [6, 6.07) is 11.4. The summed E-state index contributed by atoms with van der Waals surface area (Å²) < 4.78 is 5.80. The van der Waals surface area contributed by atoms with Crippen LogP contribution in [0.4, 0.5) is 5.82 Å². The van der Waals surface area contributed by atoms with Crippen LogP contribution in [0.25, 0.3) is 0 Å². The highest BCUT2D eigenvalue weighted by Crippen LogP contribution is 2.25. The maximum absolute atomic E-state index is 12.7. The van der Waals surface area contributed by atoms with Crippen LogP contribution in [0.1, 0.15) is 59.7 Å². The van der Waals surface area contributed by atoms with Crippen LogP contribution >= 0.6 is 0 Å². The number of ether oxygens (including phenoxy) is 1. The van der Waals surface area contributed by atoms with Crippen LogP contribution in [0.2, 0.25) is 0 Å². The number of ketones is 1. The van der Waals surface area contributed by atoms with Gasteiger partial charge in [-0.05, 0) is 74.3 Å². The Hall–Kier alpha value is -2.24. The highest BCUT2D eigenvalue weighted by atomic mass is 16.5. The second-order valence-electron chi connectivity index (χ2n) is 9.59. The minimum absolute atomic E-state index is 0.182. The van der Waals surface area contributed by atoms with Gasteiger partial charge in [0.1, 0.15) is 5.82 Å². The van der Waals surface area contributed by atoms with Gasteiger partial charge < -0.3 is 9.64 Å². The summed E-state index contributed by atoms with van der Waals surface area (Å²) in [5, 5.41) is 0. The number of carbonyl (C=O) groups excluding carboxylic acids is 1. The lowest BCUT2D eigenvalue weighted by Crippen LogP contribution is -2.41. The summed E-state index contributed by atoms with van der Waals surface area (Å²) >= 11 is 0. The Morgan fingerprint density at radius 1 is 1.06 bits per heavy atom. The van der Waals surface area contributed by atoms with E-state index in [0.29, 0.717) is 18.6 Å². The number of benzene rings is 1. The van der Waals surface area contributed by atoms with Crippen LogP contribution < -0.4 is 4.90 Å². The number of rotatable bonds is 6. The van der Waals surface area contributed by atoms with Gasteiger partial charge in [0.2, 0.25) is 0 Å². The minimum atomic E-state index is 0.182. The molecule has 1 aromatic carbocycles. The Morgan fingerprint density at radius 3 is 2.59 bits per heavy atom. The van der Waals surface area contributed by atoms with E-state index in [-0.39, 0.29) is 5.78 Å². The molecule has 0 aliphatic carbocycles. The van der Waals surface area contributed by atoms with Crippen molar-refractivity contribution in [1.29, 1.82) is 0 Å². The van der Waals surface area contributed by atoms with Gasteiger partial charge in [0.05, 0.1) is 6.10 Å². The maximum atomic E-state index is 12.7. The maximum Gasteiger partial charge on any atom is 0.164 e. The van der Waals surface area contributed by atoms with Crippen molar-refractivity contribution >= 4 is 11.6 Å². The number of pyridine rings is 1. The van der Waals surface area contributed by atoms with Gasteiger partial charge in [0, 0.05) is 57.0 Å². The van der Waals surface area contributed by atoms with Crippen molar-refractivity contribution in [3.05, 3.63) is 58.8 Å². The molecular formula is C27H35N3O2. The van der Waals surface area contributed by atoms with E-state index in [1.807, 2.05) is 12.1 Å². The smallest absolute Gasteiger partial charge is 0.164 e. The zero-order chi connectivity index (χ0) is 21.9. The number of carbonyl (C=O) groups is 1. The van der Waals surface area contributed by atoms with E-state index in [1.54, 1.807) is 6.20 Å². The fourth-order valence-corrected chi connectivity index (χ4v) is 5.57. The third kappa shape index (κ3) is 4.74. The van der Waals surface area contributed by atoms with Crippen molar-refractivity contribution in [2.24, 2.45) is 0 Å². The fourth-order valence-electron chi connectivity index (χ4n) is 5.57. The quantitative estimate of drug-likeness (QED) is 0.643. The van der Waals surface area contributed by atoms with E-state index in [1.165, 1.54) is 29.5 Å². The van der Waals surface area contributed by atoms with E-state index >= 15 is 0 Å². The van der Waals surface area contributed by atoms with Crippen molar-refractivity contribution in [2.45, 2.75) is 64.0 Å². The summed E-state index contributed by atoms with van der Waals surface area (Å²) in [7, 11) is 0. The molecule has 2 fully saturated rings. The van der Waals surface area contributed by atoms with E-state index in [2.05, 4.69) is 39.9 Å². The van der Waals surface area contributed by atoms with Crippen molar-refractivity contribution in [3.63, 3.8) is 0 Å². The predicted octanol–water partition coefficient (Wildman–Crippen LogP) is 4.08. The van der Waals surface area contributed by atoms with Crippen LogP contribution in [0.3, 0.4) is 0 Å². The van der Waals surface area contributed by atoms with Gasteiger partial charge in [0.25, 0.3) is 0 Å². The first-order chi connectivity index (χ1) is 15.7. The first kappa shape index (κ1) is 21.6. The SMILES string of the molecule is CC1OCCC1N1CCc2ccc(CCC(=O)c3ccc(N4CCCC4)nc3)cc2CC1. The average molecular weight is 434 g/mol. The topological polar surface area (TPSA) is 45.7 Å². The lowest BCUT2D eigenvalue weighted by molar-refractivity contribution is 0.0757. The summed E-state index contributed by atoms with van der Waals surface area (Å²) in [6.07, 6.45) is 9.23. The Kier molecular flexibility index (Phi) is 6.56. The molecule has 0 amide bonds. The Bertz CT molecular complexity index is 936. The first-order valence-electron chi connectivity index (χ1n) is 12.4. The molecule has 3 aliphatic rings. The molecule has 0 N–H and O–H groups in total. The van der Waals surface area contributed by atoms with E-state index in [0.717, 1.165) is 69.9 Å². The lowest BCUT2D eigenvalue weighted by Gasteiger charge is -2.29. The van der Waals surface area contributed by atoms with Gasteiger partial charge >= 0.3 is 0 Å². The first-order valence-corrected chi connectivity index (χ1v) is 12.4. The average Bonchev–Trinajstić information content (AvgIpc) is 3.46. The van der Waals surface area contributed by atoms with Crippen molar-refractivity contribution in [1.82, 2.24) is 9.88 Å². The molecule has 2 saturated heterocycles. The molecule has 170 valence electrons. The summed E-state index contributed by atoms with van der Waals surface area (Å²) in [4.78, 5) is 22.2. The third-order valence-corrected chi connectivity index (χ3v) is 7.55. The van der Waals surface area contributed by atoms with Gasteiger partial charge in [-0.1, -0.05) is 18.2 Å². The second kappa shape index (κ2) is 9.72. The van der Waals surface area contributed by atoms with Gasteiger partial charge in [0.15, 0.2) is 5.78 Å². The van der Waals surface area contributed by atoms with Crippen LogP contribution in [-0.4, -0.2) is 60.6 Å². The molecule has 0 bridgehead atoms. The molecule has 0 saturated carbocycles. The van der Waals surface area contributed by atoms with Crippen LogP contribution in [0.15, 0.2) is 36.5 Å². The van der Waals surface area contributed by atoms with E-state index in [9.17, 15) is 4.79 Å². The van der Waals surface area contributed by atoms with Crippen molar-refractivity contribution in [3.8, 4) is 0 Å². The zero-order valence-corrected chi connectivity index (χ0v) is 19.3. The standard InChI is InChI=1S/C27H35N3O2/c1-20-25(12-17-32-20)29-15-10-22-6-4-21(18-23(22)11-16-29)5-8-26(31)24-7-9-27(28-19-24)30-13-2-3-14-30/h4,6-7,9,18-20,25H,2-3,5,8,10-17H2,1H3. The van der Waals surface area contributed by atoms with Gasteiger partial charge in [-0.25, -0.2) is 4.98 Å². The van der Waals surface area contributed by atoms with Crippen LogP contribution in [0.5, 0.6) is 0 Å². The normalized spacial score (nSPS) is 23.8. The molecule has 2 atom stereocenters.